The molecule has 3 rings (SSSR count). The maximum atomic E-state index is 11.5. The van der Waals surface area contributed by atoms with Gasteiger partial charge >= 0.3 is 0 Å². The minimum atomic E-state index is -0.518. The van der Waals surface area contributed by atoms with Gasteiger partial charge in [0.05, 0.1) is 6.10 Å². The summed E-state index contributed by atoms with van der Waals surface area (Å²) in [6.07, 6.45) is 1.01. The summed E-state index contributed by atoms with van der Waals surface area (Å²) in [7, 11) is 0. The van der Waals surface area contributed by atoms with E-state index in [0.29, 0.717) is 26.1 Å². The zero-order chi connectivity index (χ0) is 16.8. The molecule has 24 heavy (non-hydrogen) atoms. The number of carbonyl (C=O) groups excluding carboxylic acids is 1. The highest BCUT2D eigenvalue weighted by Gasteiger charge is 2.22. The van der Waals surface area contributed by atoms with Crippen LogP contribution in [0.25, 0.3) is 11.1 Å². The fourth-order valence-electron chi connectivity index (χ4n) is 3.04. The van der Waals surface area contributed by atoms with E-state index in [-0.39, 0.29) is 5.91 Å². The van der Waals surface area contributed by atoms with Crippen molar-refractivity contribution < 1.29 is 9.90 Å². The van der Waals surface area contributed by atoms with Crippen molar-refractivity contribution in [1.82, 2.24) is 10.2 Å². The minimum absolute atomic E-state index is 0.158. The summed E-state index contributed by atoms with van der Waals surface area (Å²) in [4.78, 5) is 13.3. The van der Waals surface area contributed by atoms with Crippen LogP contribution in [0.1, 0.15) is 18.4 Å². The molecule has 0 aromatic heterocycles. The lowest BCUT2D eigenvalue weighted by Crippen LogP contribution is -2.38. The Kier molecular flexibility index (Phi) is 5.62. The van der Waals surface area contributed by atoms with Crippen LogP contribution in [-0.2, 0) is 11.3 Å². The summed E-state index contributed by atoms with van der Waals surface area (Å²) >= 11 is 0. The lowest BCUT2D eigenvalue weighted by atomic mass is 10.0. The number of hydrogen-bond donors (Lipinski definition) is 2. The van der Waals surface area contributed by atoms with Crippen LogP contribution in [0.4, 0.5) is 0 Å². The van der Waals surface area contributed by atoms with Crippen molar-refractivity contribution in [3.63, 3.8) is 0 Å². The Hall–Kier alpha value is -2.17. The predicted molar refractivity (Wildman–Crippen MR) is 95.4 cm³/mol. The summed E-state index contributed by atoms with van der Waals surface area (Å²) in [6, 6.07) is 18.7. The number of amides is 1. The highest BCUT2D eigenvalue weighted by molar-refractivity contribution is 5.78. The quantitative estimate of drug-likeness (QED) is 0.822. The van der Waals surface area contributed by atoms with Crippen molar-refractivity contribution in [3.8, 4) is 11.1 Å². The van der Waals surface area contributed by atoms with Crippen molar-refractivity contribution in [2.45, 2.75) is 25.5 Å². The summed E-state index contributed by atoms with van der Waals surface area (Å²) < 4.78 is 0. The van der Waals surface area contributed by atoms with Crippen LogP contribution < -0.4 is 5.32 Å². The highest BCUT2D eigenvalue weighted by Crippen LogP contribution is 2.19. The van der Waals surface area contributed by atoms with Crippen molar-refractivity contribution in [2.75, 3.05) is 19.6 Å². The molecular weight excluding hydrogens is 300 g/mol. The van der Waals surface area contributed by atoms with Crippen molar-refractivity contribution in [3.05, 3.63) is 60.2 Å². The number of aliphatic hydroxyl groups excluding tert-OH is 1. The third-order valence-corrected chi connectivity index (χ3v) is 4.37. The molecule has 0 spiro atoms. The first-order valence-corrected chi connectivity index (χ1v) is 8.53. The van der Waals surface area contributed by atoms with E-state index >= 15 is 0 Å². The van der Waals surface area contributed by atoms with Crippen LogP contribution in [0.2, 0.25) is 0 Å². The van der Waals surface area contributed by atoms with Gasteiger partial charge in [-0.15, -0.1) is 0 Å². The number of rotatable bonds is 7. The molecule has 1 heterocycles. The van der Waals surface area contributed by atoms with Gasteiger partial charge < -0.3 is 15.3 Å². The molecule has 4 heteroatoms. The second kappa shape index (κ2) is 8.08. The number of carbonyl (C=O) groups is 1. The Morgan fingerprint density at radius 3 is 2.42 bits per heavy atom. The molecule has 2 N–H and O–H groups in total. The number of nitrogens with zero attached hydrogens (tertiary/aromatic N) is 1. The van der Waals surface area contributed by atoms with Gasteiger partial charge in [0.2, 0.25) is 5.91 Å². The van der Waals surface area contributed by atoms with Crippen molar-refractivity contribution >= 4 is 5.91 Å². The zero-order valence-corrected chi connectivity index (χ0v) is 13.8. The van der Waals surface area contributed by atoms with E-state index in [0.717, 1.165) is 13.0 Å². The lowest BCUT2D eigenvalue weighted by Gasteiger charge is -2.20. The van der Waals surface area contributed by atoms with Gasteiger partial charge in [0.1, 0.15) is 0 Å². The molecule has 2 aromatic rings. The lowest BCUT2D eigenvalue weighted by molar-refractivity contribution is -0.128. The third kappa shape index (κ3) is 4.43. The molecule has 1 atom stereocenters. The smallest absolute Gasteiger partial charge is 0.222 e. The van der Waals surface area contributed by atoms with Crippen LogP contribution in [0, 0.1) is 0 Å². The number of benzene rings is 2. The third-order valence-electron chi connectivity index (χ3n) is 4.37. The first-order chi connectivity index (χ1) is 11.7. The first kappa shape index (κ1) is 16.7. The van der Waals surface area contributed by atoms with Gasteiger partial charge in [-0.1, -0.05) is 54.6 Å². The average molecular weight is 324 g/mol. The average Bonchev–Trinajstić information content (AvgIpc) is 3.01. The number of likely N-dealkylation sites (tertiary alicyclic amines) is 1. The van der Waals surface area contributed by atoms with Gasteiger partial charge in [-0.2, -0.15) is 0 Å². The fraction of sp³-hybridized carbons (Fsp3) is 0.350. The largest absolute Gasteiger partial charge is 0.390 e. The normalized spacial score (nSPS) is 15.7. The minimum Gasteiger partial charge on any atom is -0.390 e. The predicted octanol–water partition coefficient (Wildman–Crippen LogP) is 2.43. The molecule has 1 saturated heterocycles. The van der Waals surface area contributed by atoms with Gasteiger partial charge in [0.15, 0.2) is 0 Å². The van der Waals surface area contributed by atoms with Crippen molar-refractivity contribution in [2.24, 2.45) is 0 Å². The van der Waals surface area contributed by atoms with E-state index in [1.165, 1.54) is 16.7 Å². The molecule has 0 radical (unpaired) electrons. The van der Waals surface area contributed by atoms with E-state index in [4.69, 9.17) is 0 Å². The van der Waals surface area contributed by atoms with Gasteiger partial charge in [0, 0.05) is 32.6 Å². The number of hydrogen-bond acceptors (Lipinski definition) is 3. The number of β-amino-alcohol motifs (C(OH)–C–C–N with tert-alkyl or cyclic N) is 1. The standard InChI is InChI=1S/C20H24N2O2/c23-19(15-22-12-4-7-20(22)24)14-21-13-16-8-10-18(11-9-16)17-5-2-1-3-6-17/h1-3,5-6,8-11,19,21,23H,4,7,12-15H2. The van der Waals surface area contributed by atoms with E-state index in [9.17, 15) is 9.90 Å². The maximum absolute atomic E-state index is 11.5. The Morgan fingerprint density at radius 2 is 1.75 bits per heavy atom. The van der Waals surface area contributed by atoms with Crippen LogP contribution in [0.3, 0.4) is 0 Å². The monoisotopic (exact) mass is 324 g/mol. The second-order valence-electron chi connectivity index (χ2n) is 6.29. The molecule has 1 aliphatic heterocycles. The van der Waals surface area contributed by atoms with Crippen LogP contribution >= 0.6 is 0 Å². The molecule has 0 aliphatic carbocycles. The molecule has 1 aliphatic rings. The van der Waals surface area contributed by atoms with Crippen LogP contribution in [-0.4, -0.2) is 41.7 Å². The zero-order valence-electron chi connectivity index (χ0n) is 13.8. The van der Waals surface area contributed by atoms with Gasteiger partial charge in [-0.05, 0) is 23.1 Å². The Balaban J connectivity index is 1.44. The van der Waals surface area contributed by atoms with Crippen LogP contribution in [0.15, 0.2) is 54.6 Å². The number of nitrogens with one attached hydrogen (secondary N) is 1. The molecule has 1 amide bonds. The summed E-state index contributed by atoms with van der Waals surface area (Å²) in [5.74, 6) is 0.158. The maximum Gasteiger partial charge on any atom is 0.222 e. The van der Waals surface area contributed by atoms with E-state index < -0.39 is 6.10 Å². The fourth-order valence-corrected chi connectivity index (χ4v) is 3.04. The molecule has 0 bridgehead atoms. The van der Waals surface area contributed by atoms with Crippen LogP contribution in [0.5, 0.6) is 0 Å². The Labute approximate surface area is 143 Å². The van der Waals surface area contributed by atoms with E-state index in [1.54, 1.807) is 4.90 Å². The molecule has 126 valence electrons. The topological polar surface area (TPSA) is 52.6 Å². The first-order valence-electron chi connectivity index (χ1n) is 8.53. The Morgan fingerprint density at radius 1 is 1.04 bits per heavy atom. The van der Waals surface area contributed by atoms with Gasteiger partial charge in [-0.3, -0.25) is 4.79 Å². The molecule has 4 nitrogen and oxygen atoms in total. The molecule has 2 aromatic carbocycles. The second-order valence-corrected chi connectivity index (χ2v) is 6.29. The summed E-state index contributed by atoms with van der Waals surface area (Å²) in [5.41, 5.74) is 3.59. The highest BCUT2D eigenvalue weighted by atomic mass is 16.3. The molecule has 1 unspecified atom stereocenters. The van der Waals surface area contributed by atoms with E-state index in [1.807, 2.05) is 18.2 Å². The summed E-state index contributed by atoms with van der Waals surface area (Å²) in [6.45, 7) is 2.40. The SMILES string of the molecule is O=C1CCCN1CC(O)CNCc1ccc(-c2ccccc2)cc1. The molecular formula is C20H24N2O2. The van der Waals surface area contributed by atoms with E-state index in [2.05, 4.69) is 41.7 Å². The summed E-state index contributed by atoms with van der Waals surface area (Å²) in [5, 5.41) is 13.3. The Bertz CT molecular complexity index is 655. The molecule has 1 fully saturated rings. The van der Waals surface area contributed by atoms with Gasteiger partial charge in [-0.25, -0.2) is 0 Å². The number of aliphatic hydroxyl groups is 1. The molecule has 0 saturated carbocycles. The van der Waals surface area contributed by atoms with Crippen molar-refractivity contribution in [1.29, 1.82) is 0 Å². The van der Waals surface area contributed by atoms with Gasteiger partial charge in [0.25, 0.3) is 0 Å².